The molecular formula is C10H21N2O3P. The van der Waals surface area contributed by atoms with Crippen LogP contribution in [0.25, 0.3) is 0 Å². The van der Waals surface area contributed by atoms with Crippen molar-refractivity contribution in [3.8, 4) is 0 Å². The summed E-state index contributed by atoms with van der Waals surface area (Å²) in [7, 11) is -0.0749. The monoisotopic (exact) mass is 248 g/mol. The van der Waals surface area contributed by atoms with Crippen LogP contribution in [0.3, 0.4) is 0 Å². The van der Waals surface area contributed by atoms with E-state index in [4.69, 9.17) is 14.0 Å². The van der Waals surface area contributed by atoms with Gasteiger partial charge in [-0.15, -0.1) is 0 Å². The van der Waals surface area contributed by atoms with Crippen LogP contribution in [-0.4, -0.2) is 75.4 Å². The van der Waals surface area contributed by atoms with E-state index < -0.39 is 7.41 Å². The lowest BCUT2D eigenvalue weighted by Gasteiger charge is -2.45. The van der Waals surface area contributed by atoms with Crippen molar-refractivity contribution in [1.82, 2.24) is 9.34 Å². The van der Waals surface area contributed by atoms with Gasteiger partial charge in [0.25, 0.3) is 0 Å². The first-order chi connectivity index (χ1) is 7.77. The molecule has 0 radical (unpaired) electrons. The predicted molar refractivity (Wildman–Crippen MR) is 65.8 cm³/mol. The molecule has 0 N–H and O–H groups in total. The average molecular weight is 248 g/mol. The van der Waals surface area contributed by atoms with Crippen molar-refractivity contribution in [3.05, 3.63) is 0 Å². The Balaban J connectivity index is 2.06. The maximum atomic E-state index is 5.76. The normalized spacial score (nSPS) is 25.8. The van der Waals surface area contributed by atoms with E-state index in [1.807, 2.05) is 0 Å². The van der Waals surface area contributed by atoms with Gasteiger partial charge in [-0.3, -0.25) is 0 Å². The molecule has 2 saturated heterocycles. The van der Waals surface area contributed by atoms with Crippen LogP contribution in [0.1, 0.15) is 0 Å². The van der Waals surface area contributed by atoms with E-state index in [9.17, 15) is 0 Å². The first-order valence-corrected chi connectivity index (χ1v) is 7.52. The van der Waals surface area contributed by atoms with Crippen molar-refractivity contribution in [2.75, 3.05) is 59.7 Å². The number of rotatable bonds is 3. The fourth-order valence-corrected chi connectivity index (χ4v) is 4.54. The first-order valence-electron chi connectivity index (χ1n) is 5.73. The Morgan fingerprint density at radius 3 is 1.62 bits per heavy atom. The van der Waals surface area contributed by atoms with Crippen LogP contribution < -0.4 is 0 Å². The molecule has 0 saturated carbocycles. The minimum Gasteiger partial charge on any atom is -0.379 e. The Hall–Kier alpha value is 0.100. The molecule has 5 nitrogen and oxygen atoms in total. The zero-order chi connectivity index (χ0) is 11.4. The molecule has 0 spiro atoms. The van der Waals surface area contributed by atoms with Crippen molar-refractivity contribution >= 4 is 13.7 Å². The van der Waals surface area contributed by atoms with Gasteiger partial charge in [-0.1, -0.05) is 0 Å². The molecule has 0 aromatic rings. The van der Waals surface area contributed by atoms with Gasteiger partial charge in [0.05, 0.1) is 26.4 Å². The van der Waals surface area contributed by atoms with Gasteiger partial charge in [0.1, 0.15) is 7.41 Å². The number of hydrogen-bond acceptors (Lipinski definition) is 5. The average Bonchev–Trinajstić information content (AvgIpc) is 2.40. The highest BCUT2D eigenvalue weighted by Gasteiger charge is 2.32. The lowest BCUT2D eigenvalue weighted by molar-refractivity contribution is 0.0489. The van der Waals surface area contributed by atoms with E-state index in [1.165, 1.54) is 0 Å². The lowest BCUT2D eigenvalue weighted by Crippen LogP contribution is -2.43. The third kappa shape index (κ3) is 2.50. The summed E-state index contributed by atoms with van der Waals surface area (Å²) in [5.74, 6) is 0. The summed E-state index contributed by atoms with van der Waals surface area (Å²) in [4.78, 5) is 0. The third-order valence-electron chi connectivity index (χ3n) is 3.15. The molecule has 0 bridgehead atoms. The van der Waals surface area contributed by atoms with Gasteiger partial charge in [0, 0.05) is 33.3 Å². The highest BCUT2D eigenvalue weighted by atomic mass is 31.2. The minimum absolute atomic E-state index is 0.783. The molecular weight excluding hydrogens is 227 g/mol. The van der Waals surface area contributed by atoms with Crippen molar-refractivity contribution in [1.29, 1.82) is 0 Å². The van der Waals surface area contributed by atoms with E-state index in [0.717, 1.165) is 52.6 Å². The van der Waals surface area contributed by atoms with E-state index in [0.29, 0.717) is 0 Å². The summed E-state index contributed by atoms with van der Waals surface area (Å²) < 4.78 is 21.2. The highest BCUT2D eigenvalue weighted by molar-refractivity contribution is 7.64. The predicted octanol–water partition coefficient (Wildman–Crippen LogP) is 0.492. The van der Waals surface area contributed by atoms with Gasteiger partial charge in [0.15, 0.2) is 0 Å². The Bertz CT molecular complexity index is 241. The van der Waals surface area contributed by atoms with E-state index >= 15 is 0 Å². The molecule has 0 aromatic carbocycles. The molecule has 2 aliphatic heterocycles. The summed E-state index contributed by atoms with van der Waals surface area (Å²) >= 11 is 0. The molecule has 0 aromatic heterocycles. The van der Waals surface area contributed by atoms with Crippen LogP contribution in [0, 0.1) is 0 Å². The van der Waals surface area contributed by atoms with Crippen molar-refractivity contribution in [3.63, 3.8) is 0 Å². The van der Waals surface area contributed by atoms with Crippen LogP contribution >= 0.6 is 7.41 Å². The quantitative estimate of drug-likeness (QED) is 0.679. The fraction of sp³-hybridized carbons (Fsp3) is 0.900. The maximum absolute atomic E-state index is 5.76. The maximum Gasteiger partial charge on any atom is 0.131 e. The molecule has 2 aliphatic rings. The van der Waals surface area contributed by atoms with Crippen LogP contribution in [0.2, 0.25) is 0 Å². The van der Waals surface area contributed by atoms with Crippen molar-refractivity contribution in [2.24, 2.45) is 0 Å². The third-order valence-corrected chi connectivity index (χ3v) is 6.30. The topological polar surface area (TPSA) is 34.2 Å². The van der Waals surface area contributed by atoms with Gasteiger partial charge >= 0.3 is 0 Å². The highest BCUT2D eigenvalue weighted by Crippen LogP contribution is 2.53. The van der Waals surface area contributed by atoms with Gasteiger partial charge in [-0.2, -0.15) is 0 Å². The van der Waals surface area contributed by atoms with Gasteiger partial charge < -0.3 is 14.0 Å². The Morgan fingerprint density at radius 2 is 1.31 bits per heavy atom. The van der Waals surface area contributed by atoms with E-state index in [1.54, 1.807) is 7.11 Å². The largest absolute Gasteiger partial charge is 0.379 e. The molecule has 94 valence electrons. The molecule has 0 atom stereocenters. The zero-order valence-electron chi connectivity index (χ0n) is 9.93. The van der Waals surface area contributed by atoms with Crippen molar-refractivity contribution in [2.45, 2.75) is 0 Å². The standard InChI is InChI=1S/C10H21N2O3P/c1-13-16(2,11-3-7-14-8-4-11)12-5-9-15-10-6-12/h2-10H2,1H3. The number of morpholine rings is 2. The van der Waals surface area contributed by atoms with Crippen molar-refractivity contribution < 1.29 is 14.0 Å². The van der Waals surface area contributed by atoms with Crippen LogP contribution in [-0.2, 0) is 14.0 Å². The van der Waals surface area contributed by atoms with Gasteiger partial charge in [0.2, 0.25) is 0 Å². The molecule has 6 heteroatoms. The second-order valence-corrected chi connectivity index (χ2v) is 6.81. The van der Waals surface area contributed by atoms with E-state index in [-0.39, 0.29) is 0 Å². The van der Waals surface area contributed by atoms with Gasteiger partial charge in [-0.25, -0.2) is 9.34 Å². The summed E-state index contributed by atoms with van der Waals surface area (Å²) in [6, 6.07) is 0. The summed E-state index contributed by atoms with van der Waals surface area (Å²) in [6.07, 6.45) is 4.36. The zero-order valence-corrected chi connectivity index (χ0v) is 10.8. The summed E-state index contributed by atoms with van der Waals surface area (Å²) in [5.41, 5.74) is 0. The SMILES string of the molecule is C=P(OC)(N1CCOCC1)N1CCOCC1. The molecule has 0 aliphatic carbocycles. The van der Waals surface area contributed by atoms with Crippen LogP contribution in [0.15, 0.2) is 0 Å². The second kappa shape index (κ2) is 5.63. The van der Waals surface area contributed by atoms with Gasteiger partial charge in [-0.05, 0) is 6.30 Å². The molecule has 16 heavy (non-hydrogen) atoms. The smallest absolute Gasteiger partial charge is 0.131 e. The Kier molecular flexibility index (Phi) is 4.41. The Labute approximate surface area is 97.4 Å². The fourth-order valence-electron chi connectivity index (χ4n) is 2.14. The van der Waals surface area contributed by atoms with E-state index in [2.05, 4.69) is 15.6 Å². The summed E-state index contributed by atoms with van der Waals surface area (Å²) in [5, 5.41) is 0. The first kappa shape index (κ1) is 12.6. The minimum atomic E-state index is -1.84. The molecule has 2 fully saturated rings. The molecule has 0 amide bonds. The number of hydrogen-bond donors (Lipinski definition) is 0. The Morgan fingerprint density at radius 1 is 0.938 bits per heavy atom. The number of ether oxygens (including phenoxy) is 2. The molecule has 0 unspecified atom stereocenters. The van der Waals surface area contributed by atoms with Crippen LogP contribution in [0.5, 0.6) is 0 Å². The second-order valence-electron chi connectivity index (χ2n) is 3.98. The molecule has 2 rings (SSSR count). The lowest BCUT2D eigenvalue weighted by atomic mass is 10.5. The van der Waals surface area contributed by atoms with Crippen LogP contribution in [0.4, 0.5) is 0 Å². The number of nitrogens with zero attached hydrogens (tertiary/aromatic N) is 2. The summed E-state index contributed by atoms with van der Waals surface area (Å²) in [6.45, 7) is 6.81. The molecule has 2 heterocycles.